The summed E-state index contributed by atoms with van der Waals surface area (Å²) >= 11 is 0. The zero-order chi connectivity index (χ0) is 14.6. The number of aromatic hydroxyl groups is 1. The first kappa shape index (κ1) is 14.4. The van der Waals surface area contributed by atoms with Crippen molar-refractivity contribution in [1.29, 1.82) is 0 Å². The van der Waals surface area contributed by atoms with Gasteiger partial charge in [0.15, 0.2) is 0 Å². The van der Waals surface area contributed by atoms with Crippen LogP contribution in [-0.2, 0) is 11.8 Å². The molecule has 0 bridgehead atoms. The summed E-state index contributed by atoms with van der Waals surface area (Å²) in [5, 5.41) is 9.34. The van der Waals surface area contributed by atoms with Crippen LogP contribution in [0.1, 0.15) is 31.9 Å². The molecule has 0 unspecified atom stereocenters. The Balaban J connectivity index is 2.14. The maximum Gasteiger partial charge on any atom is 0.119 e. The lowest BCUT2D eigenvalue weighted by molar-refractivity contribution is 0.340. The molecule has 2 rings (SSSR count). The second-order valence-corrected chi connectivity index (χ2v) is 5.68. The van der Waals surface area contributed by atoms with Crippen LogP contribution in [0.15, 0.2) is 48.5 Å². The molecule has 0 aromatic heterocycles. The Kier molecular flexibility index (Phi) is 4.33. The summed E-state index contributed by atoms with van der Waals surface area (Å²) in [6.45, 7) is 7.14. The molecule has 1 N–H and O–H groups in total. The van der Waals surface area contributed by atoms with Gasteiger partial charge in [0.1, 0.15) is 11.5 Å². The van der Waals surface area contributed by atoms with Gasteiger partial charge in [0.25, 0.3) is 0 Å². The Bertz CT molecular complexity index is 539. The average molecular weight is 270 g/mol. The van der Waals surface area contributed by atoms with E-state index in [0.29, 0.717) is 12.4 Å². The van der Waals surface area contributed by atoms with Crippen molar-refractivity contribution in [2.45, 2.75) is 32.6 Å². The van der Waals surface area contributed by atoms with Crippen molar-refractivity contribution in [3.63, 3.8) is 0 Å². The van der Waals surface area contributed by atoms with Gasteiger partial charge in [-0.05, 0) is 54.2 Å². The quantitative estimate of drug-likeness (QED) is 0.877. The molecular weight excluding hydrogens is 248 g/mol. The highest BCUT2D eigenvalue weighted by Gasteiger charge is 2.21. The Morgan fingerprint density at radius 1 is 0.950 bits per heavy atom. The molecule has 0 amide bonds. The van der Waals surface area contributed by atoms with Crippen molar-refractivity contribution in [3.05, 3.63) is 59.7 Å². The summed E-state index contributed by atoms with van der Waals surface area (Å²) in [5.41, 5.74) is 2.55. The molecule has 106 valence electrons. The highest BCUT2D eigenvalue weighted by molar-refractivity contribution is 5.34. The monoisotopic (exact) mass is 270 g/mol. The van der Waals surface area contributed by atoms with Gasteiger partial charge in [0, 0.05) is 0 Å². The molecule has 0 heterocycles. The lowest BCUT2D eigenvalue weighted by Gasteiger charge is -2.25. The number of phenolic OH excluding ortho intramolecular Hbond substituents is 1. The standard InChI is InChI=1S/C18H22O2/c1-4-20-17-11-7-15(8-12-17)18(2,3)13-14-5-9-16(19)10-6-14/h5-12,19H,4,13H2,1-3H3. The van der Waals surface area contributed by atoms with Gasteiger partial charge in [0.2, 0.25) is 0 Å². The van der Waals surface area contributed by atoms with E-state index in [4.69, 9.17) is 4.74 Å². The molecule has 0 atom stereocenters. The molecule has 20 heavy (non-hydrogen) atoms. The average Bonchev–Trinajstić information content (AvgIpc) is 2.42. The lowest BCUT2D eigenvalue weighted by atomic mass is 9.79. The molecule has 0 radical (unpaired) electrons. The molecule has 0 saturated carbocycles. The van der Waals surface area contributed by atoms with Crippen molar-refractivity contribution in [1.82, 2.24) is 0 Å². The number of rotatable bonds is 5. The second-order valence-electron chi connectivity index (χ2n) is 5.68. The summed E-state index contributed by atoms with van der Waals surface area (Å²) < 4.78 is 5.48. The van der Waals surface area contributed by atoms with Crippen LogP contribution < -0.4 is 4.74 Å². The summed E-state index contributed by atoms with van der Waals surface area (Å²) in [6.07, 6.45) is 0.932. The first-order valence-electron chi connectivity index (χ1n) is 7.02. The highest BCUT2D eigenvalue weighted by Crippen LogP contribution is 2.29. The molecule has 0 aliphatic rings. The molecule has 0 aliphatic heterocycles. The van der Waals surface area contributed by atoms with E-state index >= 15 is 0 Å². The van der Waals surface area contributed by atoms with Crippen LogP contribution in [-0.4, -0.2) is 11.7 Å². The van der Waals surface area contributed by atoms with E-state index in [1.54, 1.807) is 12.1 Å². The van der Waals surface area contributed by atoms with Crippen LogP contribution in [0, 0.1) is 0 Å². The zero-order valence-electron chi connectivity index (χ0n) is 12.4. The van der Waals surface area contributed by atoms with E-state index in [9.17, 15) is 5.11 Å². The van der Waals surface area contributed by atoms with Gasteiger partial charge >= 0.3 is 0 Å². The summed E-state index contributed by atoms with van der Waals surface area (Å²) in [5.74, 6) is 1.23. The minimum atomic E-state index is 0.0434. The van der Waals surface area contributed by atoms with Crippen LogP contribution in [0.4, 0.5) is 0 Å². The lowest BCUT2D eigenvalue weighted by Crippen LogP contribution is -2.20. The van der Waals surface area contributed by atoms with Crippen molar-refractivity contribution >= 4 is 0 Å². The summed E-state index contributed by atoms with van der Waals surface area (Å²) in [7, 11) is 0. The predicted molar refractivity (Wildman–Crippen MR) is 82.4 cm³/mol. The molecule has 2 aromatic carbocycles. The third-order valence-electron chi connectivity index (χ3n) is 3.53. The number of hydrogen-bond acceptors (Lipinski definition) is 2. The van der Waals surface area contributed by atoms with Gasteiger partial charge in [-0.3, -0.25) is 0 Å². The van der Waals surface area contributed by atoms with Gasteiger partial charge in [-0.2, -0.15) is 0 Å². The summed E-state index contributed by atoms with van der Waals surface area (Å²) in [6, 6.07) is 15.7. The largest absolute Gasteiger partial charge is 0.508 e. The maximum atomic E-state index is 9.34. The molecule has 0 spiro atoms. The van der Waals surface area contributed by atoms with Gasteiger partial charge in [-0.25, -0.2) is 0 Å². The van der Waals surface area contributed by atoms with E-state index in [0.717, 1.165) is 12.2 Å². The number of ether oxygens (including phenoxy) is 1. The van der Waals surface area contributed by atoms with E-state index in [1.165, 1.54) is 11.1 Å². The number of benzene rings is 2. The Morgan fingerprint density at radius 3 is 2.10 bits per heavy atom. The van der Waals surface area contributed by atoms with Gasteiger partial charge < -0.3 is 9.84 Å². The van der Waals surface area contributed by atoms with E-state index in [-0.39, 0.29) is 5.41 Å². The van der Waals surface area contributed by atoms with Crippen LogP contribution in [0.3, 0.4) is 0 Å². The van der Waals surface area contributed by atoms with Crippen molar-refractivity contribution in [2.24, 2.45) is 0 Å². The topological polar surface area (TPSA) is 29.5 Å². The smallest absolute Gasteiger partial charge is 0.119 e. The van der Waals surface area contributed by atoms with Crippen molar-refractivity contribution in [2.75, 3.05) is 6.61 Å². The molecule has 0 saturated heterocycles. The molecule has 0 aliphatic carbocycles. The highest BCUT2D eigenvalue weighted by atomic mass is 16.5. The van der Waals surface area contributed by atoms with Gasteiger partial charge in [-0.1, -0.05) is 38.1 Å². The van der Waals surface area contributed by atoms with E-state index in [1.807, 2.05) is 31.2 Å². The minimum absolute atomic E-state index is 0.0434. The molecule has 2 heteroatoms. The maximum absolute atomic E-state index is 9.34. The van der Waals surface area contributed by atoms with E-state index < -0.39 is 0 Å². The molecule has 0 fully saturated rings. The van der Waals surface area contributed by atoms with Crippen molar-refractivity contribution < 1.29 is 9.84 Å². The minimum Gasteiger partial charge on any atom is -0.508 e. The van der Waals surface area contributed by atoms with Crippen LogP contribution in [0.25, 0.3) is 0 Å². The van der Waals surface area contributed by atoms with Crippen LogP contribution in [0.5, 0.6) is 11.5 Å². The Morgan fingerprint density at radius 2 is 1.55 bits per heavy atom. The fraction of sp³-hybridized carbons (Fsp3) is 0.333. The normalized spacial score (nSPS) is 11.3. The van der Waals surface area contributed by atoms with Gasteiger partial charge in [0.05, 0.1) is 6.61 Å². The van der Waals surface area contributed by atoms with E-state index in [2.05, 4.69) is 26.0 Å². The number of hydrogen-bond donors (Lipinski definition) is 1. The Labute approximate surface area is 121 Å². The zero-order valence-corrected chi connectivity index (χ0v) is 12.4. The summed E-state index contributed by atoms with van der Waals surface area (Å²) in [4.78, 5) is 0. The second kappa shape index (κ2) is 6.00. The fourth-order valence-corrected chi connectivity index (χ4v) is 2.40. The van der Waals surface area contributed by atoms with Crippen molar-refractivity contribution in [3.8, 4) is 11.5 Å². The number of phenols is 1. The van der Waals surface area contributed by atoms with Gasteiger partial charge in [-0.15, -0.1) is 0 Å². The third-order valence-corrected chi connectivity index (χ3v) is 3.53. The fourth-order valence-electron chi connectivity index (χ4n) is 2.40. The molecule has 2 nitrogen and oxygen atoms in total. The predicted octanol–water partition coefficient (Wildman–Crippen LogP) is 4.31. The SMILES string of the molecule is CCOc1ccc(C(C)(C)Cc2ccc(O)cc2)cc1. The molecular formula is C18H22O2. The van der Waals surface area contributed by atoms with Crippen LogP contribution in [0.2, 0.25) is 0 Å². The third kappa shape index (κ3) is 3.53. The first-order valence-corrected chi connectivity index (χ1v) is 7.02. The van der Waals surface area contributed by atoms with Crippen LogP contribution >= 0.6 is 0 Å². The Hall–Kier alpha value is -1.96. The first-order chi connectivity index (χ1) is 9.51. The molecule has 2 aromatic rings.